The Morgan fingerprint density at radius 2 is 1.89 bits per heavy atom. The molecule has 0 spiro atoms. The minimum Gasteiger partial charge on any atom is -0.281 e. The number of rotatable bonds is 4. The molecule has 7 heteroatoms. The van der Waals surface area contributed by atoms with E-state index >= 15 is 0 Å². The normalized spacial score (nSPS) is 11.3. The minimum atomic E-state index is -3.57. The van der Waals surface area contributed by atoms with Crippen molar-refractivity contribution in [1.82, 2.24) is 4.98 Å². The van der Waals surface area contributed by atoms with Crippen LogP contribution in [-0.2, 0) is 15.8 Å². The maximum Gasteiger partial charge on any atom is 0.237 e. The van der Waals surface area contributed by atoms with Gasteiger partial charge in [-0.3, -0.25) is 4.72 Å². The molecule has 0 saturated carbocycles. The van der Waals surface area contributed by atoms with Gasteiger partial charge in [-0.1, -0.05) is 12.1 Å². The van der Waals surface area contributed by atoms with Crippen LogP contribution >= 0.6 is 15.9 Å². The van der Waals surface area contributed by atoms with Crippen LogP contribution < -0.4 is 4.72 Å². The first kappa shape index (κ1) is 14.0. The Hall–Kier alpha value is -1.47. The third-order valence-electron chi connectivity index (χ3n) is 2.29. The first-order valence-electron chi connectivity index (χ1n) is 5.32. The van der Waals surface area contributed by atoms with E-state index in [4.69, 9.17) is 0 Å². The zero-order chi connectivity index (χ0) is 13.9. The topological polar surface area (TPSA) is 59.1 Å². The molecule has 0 unspecified atom stereocenters. The average Bonchev–Trinajstić information content (AvgIpc) is 2.35. The summed E-state index contributed by atoms with van der Waals surface area (Å²) in [5.74, 6) is -0.627. The van der Waals surface area contributed by atoms with Crippen LogP contribution in [0.2, 0.25) is 0 Å². The highest BCUT2D eigenvalue weighted by molar-refractivity contribution is 9.10. The van der Waals surface area contributed by atoms with E-state index in [1.54, 1.807) is 18.3 Å². The summed E-state index contributed by atoms with van der Waals surface area (Å²) in [6.07, 6.45) is 1.54. The third kappa shape index (κ3) is 4.00. The van der Waals surface area contributed by atoms with Gasteiger partial charge in [-0.05, 0) is 45.8 Å². The summed E-state index contributed by atoms with van der Waals surface area (Å²) < 4.78 is 39.5. The van der Waals surface area contributed by atoms with Crippen molar-refractivity contribution < 1.29 is 12.8 Å². The molecule has 0 saturated heterocycles. The van der Waals surface area contributed by atoms with Gasteiger partial charge in [0.15, 0.2) is 0 Å². The van der Waals surface area contributed by atoms with Crippen molar-refractivity contribution in [3.63, 3.8) is 0 Å². The fourth-order valence-corrected chi connectivity index (χ4v) is 3.15. The Bertz CT molecular complexity index is 674. The predicted octanol–water partition coefficient (Wildman–Crippen LogP) is 2.93. The summed E-state index contributed by atoms with van der Waals surface area (Å²) in [5, 5.41) is 0. The Morgan fingerprint density at radius 3 is 2.53 bits per heavy atom. The molecule has 0 atom stereocenters. The number of nitrogens with zero attached hydrogens (tertiary/aromatic N) is 1. The summed E-state index contributed by atoms with van der Waals surface area (Å²) in [6.45, 7) is 0. The fraction of sp³-hybridized carbons (Fsp3) is 0.0833. The van der Waals surface area contributed by atoms with E-state index in [1.165, 1.54) is 24.3 Å². The van der Waals surface area contributed by atoms with E-state index in [-0.39, 0.29) is 5.75 Å². The Balaban J connectivity index is 2.15. The Labute approximate surface area is 118 Å². The molecule has 1 aromatic carbocycles. The largest absolute Gasteiger partial charge is 0.281 e. The smallest absolute Gasteiger partial charge is 0.237 e. The van der Waals surface area contributed by atoms with Gasteiger partial charge in [0.05, 0.1) is 11.4 Å². The summed E-state index contributed by atoms with van der Waals surface area (Å²) in [4.78, 5) is 3.92. The standard InChI is InChI=1S/C12H10BrFN2O2S/c13-12-11(2-1-7-15-12)16-19(17,18)8-9-3-5-10(14)6-4-9/h1-7,16H,8H2. The second kappa shape index (κ2) is 5.66. The number of pyridine rings is 1. The van der Waals surface area contributed by atoms with Crippen LogP contribution in [0.3, 0.4) is 0 Å². The number of hydrogen-bond donors (Lipinski definition) is 1. The molecule has 4 nitrogen and oxygen atoms in total. The van der Waals surface area contributed by atoms with Crippen molar-refractivity contribution in [2.45, 2.75) is 5.75 Å². The van der Waals surface area contributed by atoms with Gasteiger partial charge >= 0.3 is 0 Å². The molecule has 100 valence electrons. The lowest BCUT2D eigenvalue weighted by atomic mass is 10.2. The number of aromatic nitrogens is 1. The van der Waals surface area contributed by atoms with Crippen LogP contribution in [0, 0.1) is 5.82 Å². The van der Waals surface area contributed by atoms with E-state index in [0.29, 0.717) is 15.9 Å². The van der Waals surface area contributed by atoms with Gasteiger partial charge in [0.2, 0.25) is 10.0 Å². The summed E-state index contributed by atoms with van der Waals surface area (Å²) in [7, 11) is -3.57. The van der Waals surface area contributed by atoms with Gasteiger partial charge in [-0.15, -0.1) is 0 Å². The van der Waals surface area contributed by atoms with E-state index < -0.39 is 15.8 Å². The van der Waals surface area contributed by atoms with Crippen molar-refractivity contribution in [2.24, 2.45) is 0 Å². The lowest BCUT2D eigenvalue weighted by Crippen LogP contribution is -2.15. The van der Waals surface area contributed by atoms with E-state index in [2.05, 4.69) is 25.6 Å². The molecule has 2 rings (SSSR count). The first-order valence-corrected chi connectivity index (χ1v) is 7.76. The molecule has 0 amide bonds. The predicted molar refractivity (Wildman–Crippen MR) is 74.6 cm³/mol. The quantitative estimate of drug-likeness (QED) is 0.867. The van der Waals surface area contributed by atoms with Crippen molar-refractivity contribution in [2.75, 3.05) is 4.72 Å². The zero-order valence-electron chi connectivity index (χ0n) is 9.68. The lowest BCUT2D eigenvalue weighted by molar-refractivity contribution is 0.600. The number of halogens is 2. The Kier molecular flexibility index (Phi) is 4.16. The molecule has 0 radical (unpaired) electrons. The molecule has 1 aromatic heterocycles. The molecule has 19 heavy (non-hydrogen) atoms. The van der Waals surface area contributed by atoms with Crippen LogP contribution in [0.25, 0.3) is 0 Å². The van der Waals surface area contributed by atoms with Crippen molar-refractivity contribution in [1.29, 1.82) is 0 Å². The molecular formula is C12H10BrFN2O2S. The SMILES string of the molecule is O=S(=O)(Cc1ccc(F)cc1)Nc1cccnc1Br. The molecule has 0 fully saturated rings. The van der Waals surface area contributed by atoms with Crippen molar-refractivity contribution >= 4 is 31.6 Å². The Morgan fingerprint density at radius 1 is 1.21 bits per heavy atom. The van der Waals surface area contributed by atoms with Crippen molar-refractivity contribution in [3.8, 4) is 0 Å². The summed E-state index contributed by atoms with van der Waals surface area (Å²) in [6, 6.07) is 8.55. The van der Waals surface area contributed by atoms with Crippen LogP contribution in [0.1, 0.15) is 5.56 Å². The molecule has 0 bridgehead atoms. The van der Waals surface area contributed by atoms with Crippen LogP contribution in [0.4, 0.5) is 10.1 Å². The second-order valence-corrected chi connectivity index (χ2v) is 6.30. The number of anilines is 1. The molecule has 1 N–H and O–H groups in total. The highest BCUT2D eigenvalue weighted by atomic mass is 79.9. The molecule has 0 aliphatic rings. The van der Waals surface area contributed by atoms with Gasteiger partial charge < -0.3 is 0 Å². The van der Waals surface area contributed by atoms with Crippen molar-refractivity contribution in [3.05, 3.63) is 58.6 Å². The van der Waals surface area contributed by atoms with Gasteiger partial charge in [-0.2, -0.15) is 0 Å². The minimum absolute atomic E-state index is 0.228. The van der Waals surface area contributed by atoms with Gasteiger partial charge in [0, 0.05) is 6.20 Å². The maximum absolute atomic E-state index is 12.7. The van der Waals surface area contributed by atoms with Crippen LogP contribution in [-0.4, -0.2) is 13.4 Å². The first-order chi connectivity index (χ1) is 8.96. The van der Waals surface area contributed by atoms with Crippen LogP contribution in [0.5, 0.6) is 0 Å². The zero-order valence-corrected chi connectivity index (χ0v) is 12.1. The third-order valence-corrected chi connectivity index (χ3v) is 4.17. The molecule has 0 aliphatic carbocycles. The highest BCUT2D eigenvalue weighted by Crippen LogP contribution is 2.20. The molecule has 1 heterocycles. The number of benzene rings is 1. The number of hydrogen-bond acceptors (Lipinski definition) is 3. The van der Waals surface area contributed by atoms with Crippen LogP contribution in [0.15, 0.2) is 47.2 Å². The monoisotopic (exact) mass is 344 g/mol. The lowest BCUT2D eigenvalue weighted by Gasteiger charge is -2.09. The van der Waals surface area contributed by atoms with Gasteiger partial charge in [-0.25, -0.2) is 17.8 Å². The molecule has 0 aliphatic heterocycles. The van der Waals surface area contributed by atoms with E-state index in [9.17, 15) is 12.8 Å². The fourth-order valence-electron chi connectivity index (χ4n) is 1.47. The summed E-state index contributed by atoms with van der Waals surface area (Å²) >= 11 is 3.16. The van der Waals surface area contributed by atoms with E-state index in [1.807, 2.05) is 0 Å². The number of nitrogens with one attached hydrogen (secondary N) is 1. The highest BCUT2D eigenvalue weighted by Gasteiger charge is 2.13. The maximum atomic E-state index is 12.7. The van der Waals surface area contributed by atoms with Gasteiger partial charge in [0.1, 0.15) is 10.4 Å². The molecular weight excluding hydrogens is 335 g/mol. The second-order valence-electron chi connectivity index (χ2n) is 3.83. The van der Waals surface area contributed by atoms with Gasteiger partial charge in [0.25, 0.3) is 0 Å². The summed E-state index contributed by atoms with van der Waals surface area (Å²) in [5.41, 5.74) is 0.874. The molecule has 2 aromatic rings. The number of sulfonamides is 1. The van der Waals surface area contributed by atoms with E-state index in [0.717, 1.165) is 0 Å². The average molecular weight is 345 g/mol.